The molecule has 0 heterocycles. The summed E-state index contributed by atoms with van der Waals surface area (Å²) in [6.45, 7) is 3.35. The maximum atomic E-state index is 12.7. The Hall–Kier alpha value is -1.62. The van der Waals surface area contributed by atoms with E-state index in [-0.39, 0.29) is 10.5 Å². The van der Waals surface area contributed by atoms with Gasteiger partial charge in [0.05, 0.1) is 5.56 Å². The molecule has 1 aromatic carbocycles. The lowest BCUT2D eigenvalue weighted by atomic mass is 10.2. The second-order valence-corrected chi connectivity index (χ2v) is 6.98. The third-order valence-electron chi connectivity index (χ3n) is 3.01. The van der Waals surface area contributed by atoms with Crippen molar-refractivity contribution in [1.82, 2.24) is 9.21 Å². The first-order valence-electron chi connectivity index (χ1n) is 6.77. The van der Waals surface area contributed by atoms with Gasteiger partial charge in [0.15, 0.2) is 0 Å². The smallest absolute Gasteiger partial charge is 0.244 e. The van der Waals surface area contributed by atoms with Crippen LogP contribution in [0.25, 0.3) is 0 Å². The first-order chi connectivity index (χ1) is 9.82. The molecule has 0 aliphatic carbocycles. The molecule has 2 N–H and O–H groups in total. The van der Waals surface area contributed by atoms with Gasteiger partial charge in [-0.05, 0) is 38.7 Å². The number of nitrogens with two attached hydrogens (primary N) is 1. The number of rotatable bonds is 7. The Morgan fingerprint density at radius 1 is 1.24 bits per heavy atom. The zero-order valence-electron chi connectivity index (χ0n) is 12.7. The number of benzene rings is 1. The Labute approximate surface area is 126 Å². The van der Waals surface area contributed by atoms with Crippen molar-refractivity contribution in [1.29, 1.82) is 5.26 Å². The summed E-state index contributed by atoms with van der Waals surface area (Å²) in [6.07, 6.45) is 0.712. The van der Waals surface area contributed by atoms with Gasteiger partial charge in [0.1, 0.15) is 11.0 Å². The van der Waals surface area contributed by atoms with Crippen molar-refractivity contribution < 1.29 is 8.42 Å². The Kier molecular flexibility index (Phi) is 6.15. The number of sulfonamides is 1. The van der Waals surface area contributed by atoms with Gasteiger partial charge in [-0.15, -0.1) is 0 Å². The molecule has 0 aromatic heterocycles. The summed E-state index contributed by atoms with van der Waals surface area (Å²) in [4.78, 5) is 1.94. The van der Waals surface area contributed by atoms with E-state index in [9.17, 15) is 8.42 Å². The zero-order valence-corrected chi connectivity index (χ0v) is 13.5. The van der Waals surface area contributed by atoms with Crippen molar-refractivity contribution in [2.45, 2.75) is 18.2 Å². The average molecular weight is 310 g/mol. The Bertz CT molecular complexity index is 620. The molecule has 0 aliphatic heterocycles. The van der Waals surface area contributed by atoms with Gasteiger partial charge in [0, 0.05) is 25.3 Å². The third-order valence-corrected chi connectivity index (χ3v) is 4.97. The number of anilines is 1. The van der Waals surface area contributed by atoms with Crippen molar-refractivity contribution >= 4 is 15.7 Å². The monoisotopic (exact) mass is 310 g/mol. The number of nitrogens with zero attached hydrogens (tertiary/aromatic N) is 3. The van der Waals surface area contributed by atoms with Gasteiger partial charge >= 0.3 is 0 Å². The third kappa shape index (κ3) is 4.43. The standard InChI is InChI=1S/C14H22N4O2S/c1-4-7-18(9-8-17(2)3)21(19,20)14-6-5-13(16)10-12(14)11-15/h5-6,10H,4,7-9,16H2,1-3H3. The van der Waals surface area contributed by atoms with Crippen LogP contribution in [0.15, 0.2) is 23.1 Å². The summed E-state index contributed by atoms with van der Waals surface area (Å²) in [5, 5.41) is 9.14. The zero-order chi connectivity index (χ0) is 16.0. The fourth-order valence-electron chi connectivity index (χ4n) is 1.91. The van der Waals surface area contributed by atoms with Crippen LogP contribution in [-0.4, -0.2) is 51.4 Å². The number of nitriles is 1. The minimum atomic E-state index is -3.69. The minimum Gasteiger partial charge on any atom is -0.399 e. The lowest BCUT2D eigenvalue weighted by Crippen LogP contribution is -2.37. The van der Waals surface area contributed by atoms with Crippen molar-refractivity contribution in [3.8, 4) is 6.07 Å². The molecular formula is C14H22N4O2S. The van der Waals surface area contributed by atoms with Crippen LogP contribution in [0, 0.1) is 11.3 Å². The van der Waals surface area contributed by atoms with Gasteiger partial charge in [-0.3, -0.25) is 0 Å². The van der Waals surface area contributed by atoms with Crippen molar-refractivity contribution in [3.63, 3.8) is 0 Å². The SMILES string of the molecule is CCCN(CCN(C)C)S(=O)(=O)c1ccc(N)cc1C#N. The normalized spacial score (nSPS) is 11.8. The predicted molar refractivity (Wildman–Crippen MR) is 83.2 cm³/mol. The van der Waals surface area contributed by atoms with E-state index in [1.54, 1.807) is 0 Å². The molecule has 21 heavy (non-hydrogen) atoms. The lowest BCUT2D eigenvalue weighted by Gasteiger charge is -2.23. The highest BCUT2D eigenvalue weighted by Crippen LogP contribution is 2.22. The maximum Gasteiger partial charge on any atom is 0.244 e. The van der Waals surface area contributed by atoms with Crippen LogP contribution in [0.4, 0.5) is 5.69 Å². The van der Waals surface area contributed by atoms with E-state index in [1.165, 1.54) is 22.5 Å². The molecular weight excluding hydrogens is 288 g/mol. The predicted octanol–water partition coefficient (Wildman–Crippen LogP) is 1.10. The largest absolute Gasteiger partial charge is 0.399 e. The van der Waals surface area contributed by atoms with Gasteiger partial charge < -0.3 is 10.6 Å². The first-order valence-corrected chi connectivity index (χ1v) is 8.21. The molecule has 116 valence electrons. The molecule has 6 nitrogen and oxygen atoms in total. The van der Waals surface area contributed by atoms with Crippen LogP contribution >= 0.6 is 0 Å². The van der Waals surface area contributed by atoms with Gasteiger partial charge in [-0.25, -0.2) is 8.42 Å². The second-order valence-electron chi connectivity index (χ2n) is 5.07. The molecule has 0 fully saturated rings. The maximum absolute atomic E-state index is 12.7. The molecule has 0 bridgehead atoms. The van der Waals surface area contributed by atoms with E-state index in [1.807, 2.05) is 32.0 Å². The fraction of sp³-hybridized carbons (Fsp3) is 0.500. The number of hydrogen-bond donors (Lipinski definition) is 1. The van der Waals surface area contributed by atoms with Crippen molar-refractivity contribution in [2.24, 2.45) is 0 Å². The molecule has 7 heteroatoms. The van der Waals surface area contributed by atoms with Crippen LogP contribution in [0.1, 0.15) is 18.9 Å². The van der Waals surface area contributed by atoms with E-state index in [0.29, 0.717) is 31.7 Å². The van der Waals surface area contributed by atoms with Crippen LogP contribution in [0.3, 0.4) is 0 Å². The van der Waals surface area contributed by atoms with E-state index in [2.05, 4.69) is 0 Å². The average Bonchev–Trinajstić information content (AvgIpc) is 2.42. The summed E-state index contributed by atoms with van der Waals surface area (Å²) >= 11 is 0. The van der Waals surface area contributed by atoms with E-state index in [0.717, 1.165) is 0 Å². The summed E-state index contributed by atoms with van der Waals surface area (Å²) < 4.78 is 26.9. The minimum absolute atomic E-state index is 0.0198. The second kappa shape index (κ2) is 7.41. The van der Waals surface area contributed by atoms with E-state index < -0.39 is 10.0 Å². The molecule has 0 atom stereocenters. The molecule has 0 unspecified atom stereocenters. The highest BCUT2D eigenvalue weighted by molar-refractivity contribution is 7.89. The van der Waals surface area contributed by atoms with Crippen LogP contribution in [-0.2, 0) is 10.0 Å². The van der Waals surface area contributed by atoms with E-state index in [4.69, 9.17) is 11.0 Å². The fourth-order valence-corrected chi connectivity index (χ4v) is 3.56. The molecule has 0 radical (unpaired) electrons. The lowest BCUT2D eigenvalue weighted by molar-refractivity contribution is 0.333. The van der Waals surface area contributed by atoms with E-state index >= 15 is 0 Å². The molecule has 0 aliphatic rings. The molecule has 1 aromatic rings. The summed E-state index contributed by atoms with van der Waals surface area (Å²) in [5.74, 6) is 0. The molecule has 0 saturated heterocycles. The first kappa shape index (κ1) is 17.4. The number of nitrogen functional groups attached to an aromatic ring is 1. The van der Waals surface area contributed by atoms with Gasteiger partial charge in [-0.2, -0.15) is 9.57 Å². The molecule has 1 rings (SSSR count). The molecule has 0 saturated carbocycles. The van der Waals surface area contributed by atoms with Crippen molar-refractivity contribution in [2.75, 3.05) is 39.5 Å². The van der Waals surface area contributed by atoms with Gasteiger partial charge in [-0.1, -0.05) is 6.92 Å². The van der Waals surface area contributed by atoms with Crippen LogP contribution in [0.2, 0.25) is 0 Å². The summed E-state index contributed by atoms with van der Waals surface area (Å²) in [7, 11) is 0.0893. The summed E-state index contributed by atoms with van der Waals surface area (Å²) in [5.41, 5.74) is 6.07. The molecule has 0 spiro atoms. The van der Waals surface area contributed by atoms with Crippen LogP contribution < -0.4 is 5.73 Å². The van der Waals surface area contributed by atoms with Gasteiger partial charge in [0.25, 0.3) is 0 Å². The Morgan fingerprint density at radius 3 is 2.43 bits per heavy atom. The van der Waals surface area contributed by atoms with Crippen molar-refractivity contribution in [3.05, 3.63) is 23.8 Å². The highest BCUT2D eigenvalue weighted by Gasteiger charge is 2.26. The number of hydrogen-bond acceptors (Lipinski definition) is 5. The molecule has 0 amide bonds. The Morgan fingerprint density at radius 2 is 1.90 bits per heavy atom. The number of likely N-dealkylation sites (N-methyl/N-ethyl adjacent to an activating group) is 1. The van der Waals surface area contributed by atoms with Crippen LogP contribution in [0.5, 0.6) is 0 Å². The highest BCUT2D eigenvalue weighted by atomic mass is 32.2. The van der Waals surface area contributed by atoms with Gasteiger partial charge in [0.2, 0.25) is 10.0 Å². The quantitative estimate of drug-likeness (QED) is 0.762. The topological polar surface area (TPSA) is 90.4 Å². The summed E-state index contributed by atoms with van der Waals surface area (Å²) in [6, 6.07) is 6.21. The Balaban J connectivity index is 3.20.